The molecule has 3 aromatic carbocycles. The summed E-state index contributed by atoms with van der Waals surface area (Å²) in [4.78, 5) is 66.7. The van der Waals surface area contributed by atoms with Gasteiger partial charge in [-0.15, -0.1) is 0 Å². The van der Waals surface area contributed by atoms with Crippen LogP contribution in [0.3, 0.4) is 0 Å². The molecule has 3 aliphatic heterocycles. The third-order valence-electron chi connectivity index (χ3n) is 14.6. The maximum absolute atomic E-state index is 14.2. The Kier molecular flexibility index (Phi) is 20.6. The van der Waals surface area contributed by atoms with Crippen LogP contribution in [0.4, 0.5) is 29.3 Å². The predicted molar refractivity (Wildman–Crippen MR) is 312 cm³/mol. The fraction of sp³-hybridized carbons (Fsp3) is 0.466. The number of esters is 1. The minimum atomic E-state index is -6.13. The Morgan fingerprint density at radius 2 is 1.50 bits per heavy atom. The Labute approximate surface area is 492 Å². The van der Waals surface area contributed by atoms with Gasteiger partial charge in [-0.2, -0.15) is 13.2 Å². The van der Waals surface area contributed by atoms with Crippen LogP contribution >= 0.6 is 11.6 Å². The van der Waals surface area contributed by atoms with Gasteiger partial charge in [-0.25, -0.2) is 31.3 Å². The lowest BCUT2D eigenvalue weighted by Gasteiger charge is -2.38. The number of nitrogens with one attached hydrogen (secondary N) is 3. The zero-order valence-corrected chi connectivity index (χ0v) is 49.8. The van der Waals surface area contributed by atoms with Crippen molar-refractivity contribution >= 4 is 83.3 Å². The Morgan fingerprint density at radius 1 is 0.786 bits per heavy atom. The number of H-pyrrole nitrogens is 1. The molecule has 0 radical (unpaired) electrons. The van der Waals surface area contributed by atoms with Gasteiger partial charge >= 0.3 is 17.6 Å². The van der Waals surface area contributed by atoms with Crippen molar-refractivity contribution in [3.8, 4) is 11.5 Å². The highest BCUT2D eigenvalue weighted by molar-refractivity contribution is 7.92. The molecule has 20 nitrogen and oxygen atoms in total. The molecule has 5 heterocycles. The van der Waals surface area contributed by atoms with Crippen LogP contribution in [0.5, 0.6) is 11.5 Å². The number of sulfone groups is 1. The first-order valence-corrected chi connectivity index (χ1v) is 31.3. The number of rotatable bonds is 22. The van der Waals surface area contributed by atoms with Gasteiger partial charge in [0, 0.05) is 120 Å². The molecule has 0 spiro atoms. The molecule has 3 amide bonds. The lowest BCUT2D eigenvalue weighted by Crippen LogP contribution is -2.48. The number of amides is 3. The van der Waals surface area contributed by atoms with Crippen LogP contribution < -0.4 is 19.7 Å². The highest BCUT2D eigenvalue weighted by atomic mass is 35.5. The molecule has 84 heavy (non-hydrogen) atoms. The molecular formula is C58H71ClF3N9O11S2. The number of anilines is 2. The number of hydrogen-bond donors (Lipinski definition) is 3. The number of sulfonamides is 1. The zero-order valence-electron chi connectivity index (χ0n) is 47.4. The van der Waals surface area contributed by atoms with E-state index in [4.69, 9.17) is 25.8 Å². The normalized spacial score (nSPS) is 16.0. The van der Waals surface area contributed by atoms with Crippen LogP contribution in [0.2, 0.25) is 5.02 Å². The van der Waals surface area contributed by atoms with Crippen LogP contribution in [-0.2, 0) is 38.9 Å². The molecule has 8 rings (SSSR count). The average Bonchev–Trinajstić information content (AvgIpc) is 2.63. The number of carbonyl (C=O) groups excluding carboxylic acids is 4. The summed E-state index contributed by atoms with van der Waals surface area (Å²) in [5, 5.41) is 4.00. The molecular weight excluding hydrogens is 1160 g/mol. The van der Waals surface area contributed by atoms with Gasteiger partial charge in [-0.05, 0) is 131 Å². The van der Waals surface area contributed by atoms with E-state index in [-0.39, 0.29) is 41.6 Å². The highest BCUT2D eigenvalue weighted by Gasteiger charge is 2.48. The standard InChI is InChI=1S/C58H71ClF3N9O11S2/c1-5-80-53(73)11-8-6-7-10-52(72)70-32-26-67(27-33-70)24-9-22-63-49-19-17-46(36-51(49)83(76,77)58(60,61)62)84(78,79)66-55(74)47-18-16-44(35-50(47)81-45-34-41-20-23-64-54(41)65-37-45)69-30-28-68(29-31-69)38-42-21-25-71(56(75)82-57(2,3)4)39-48(42)40-12-14-43(59)15-13-40/h12-20,23,34-37,63H,5-11,21-22,24-33,38-39H2,1-4H3,(H,64,65)(H,66,74). The minimum Gasteiger partial charge on any atom is -0.466 e. The van der Waals surface area contributed by atoms with Crippen molar-refractivity contribution in [1.82, 2.24) is 34.3 Å². The van der Waals surface area contributed by atoms with Gasteiger partial charge in [0.1, 0.15) is 27.6 Å². The van der Waals surface area contributed by atoms with E-state index in [1.807, 2.05) is 49.8 Å². The van der Waals surface area contributed by atoms with Crippen molar-refractivity contribution in [1.29, 1.82) is 0 Å². The maximum atomic E-state index is 14.2. The third-order valence-corrected chi connectivity index (χ3v) is 17.7. The fourth-order valence-electron chi connectivity index (χ4n) is 10.2. The second kappa shape index (κ2) is 27.4. The van der Waals surface area contributed by atoms with Gasteiger partial charge in [0.15, 0.2) is 0 Å². The van der Waals surface area contributed by atoms with Crippen molar-refractivity contribution in [3.05, 3.63) is 107 Å². The summed E-state index contributed by atoms with van der Waals surface area (Å²) < 4.78 is 116. The number of aromatic nitrogens is 2. The number of alkyl halides is 3. The Morgan fingerprint density at radius 3 is 2.20 bits per heavy atom. The van der Waals surface area contributed by atoms with Crippen LogP contribution in [0, 0.1) is 0 Å². The summed E-state index contributed by atoms with van der Waals surface area (Å²) in [6.07, 6.45) is 6.37. The van der Waals surface area contributed by atoms with Crippen LogP contribution in [0.25, 0.3) is 16.6 Å². The molecule has 0 unspecified atom stereocenters. The maximum Gasteiger partial charge on any atom is 0.501 e. The van der Waals surface area contributed by atoms with Gasteiger partial charge in [0.25, 0.3) is 25.8 Å². The predicted octanol–water partition coefficient (Wildman–Crippen LogP) is 9.10. The summed E-state index contributed by atoms with van der Waals surface area (Å²) >= 11 is 6.26. The minimum absolute atomic E-state index is 0.0110. The number of unbranched alkanes of at least 4 members (excludes halogenated alkanes) is 2. The number of piperazine rings is 2. The molecule has 2 fully saturated rings. The number of aromatic amines is 1. The van der Waals surface area contributed by atoms with Crippen molar-refractivity contribution in [3.63, 3.8) is 0 Å². The van der Waals surface area contributed by atoms with E-state index < -0.39 is 52.4 Å². The molecule has 454 valence electrons. The van der Waals surface area contributed by atoms with Crippen molar-refractivity contribution in [2.45, 2.75) is 93.5 Å². The molecule has 5 aromatic rings. The smallest absolute Gasteiger partial charge is 0.466 e. The number of carbonyl (C=O) groups is 4. The molecule has 0 aliphatic carbocycles. The van der Waals surface area contributed by atoms with E-state index in [1.165, 1.54) is 17.8 Å². The number of hydrogen-bond acceptors (Lipinski definition) is 16. The van der Waals surface area contributed by atoms with E-state index in [0.29, 0.717) is 151 Å². The molecule has 0 saturated carbocycles. The number of nitrogens with zero attached hydrogens (tertiary/aromatic N) is 6. The second-order valence-corrected chi connectivity index (χ2v) is 25.8. The third kappa shape index (κ3) is 16.5. The van der Waals surface area contributed by atoms with Crippen LogP contribution in [-0.4, -0.2) is 173 Å². The monoisotopic (exact) mass is 1230 g/mol. The number of ether oxygens (including phenoxy) is 3. The number of halogens is 4. The zero-order chi connectivity index (χ0) is 60.4. The summed E-state index contributed by atoms with van der Waals surface area (Å²) in [5.74, 6) is -1.32. The Hall–Kier alpha value is -6.93. The van der Waals surface area contributed by atoms with Crippen molar-refractivity contribution < 1.29 is 63.4 Å². The van der Waals surface area contributed by atoms with E-state index in [1.54, 1.807) is 47.2 Å². The van der Waals surface area contributed by atoms with Gasteiger partial charge in [-0.1, -0.05) is 30.2 Å². The molecule has 3 N–H and O–H groups in total. The SMILES string of the molecule is CCOC(=O)CCCCCC(=O)N1CCN(CCCNc2ccc(S(=O)(=O)NC(=O)c3ccc(N4CCN(CC5=C(c6ccc(Cl)cc6)CN(C(=O)OC(C)(C)C)CC5)CC4)cc3Oc3cnc4[nH]ccc4c3)cc2S(=O)(=O)C(F)(F)F)CC1. The van der Waals surface area contributed by atoms with Gasteiger partial charge in [0.2, 0.25) is 5.91 Å². The van der Waals surface area contributed by atoms with E-state index in [0.717, 1.165) is 29.7 Å². The number of benzene rings is 3. The summed E-state index contributed by atoms with van der Waals surface area (Å²) in [6.45, 7) is 13.9. The molecule has 26 heteroatoms. The van der Waals surface area contributed by atoms with E-state index in [2.05, 4.69) is 30.0 Å². The number of pyridine rings is 1. The number of fused-ring (bicyclic) bond motifs is 1. The topological polar surface area (TPSA) is 233 Å². The van der Waals surface area contributed by atoms with Crippen molar-refractivity contribution in [2.75, 3.05) is 102 Å². The molecule has 2 aromatic heterocycles. The van der Waals surface area contributed by atoms with Crippen molar-refractivity contribution in [2.24, 2.45) is 0 Å². The van der Waals surface area contributed by atoms with Gasteiger partial charge < -0.3 is 39.2 Å². The molecule has 3 aliphatic rings. The lowest BCUT2D eigenvalue weighted by molar-refractivity contribution is -0.143. The van der Waals surface area contributed by atoms with E-state index >= 15 is 0 Å². The average molecular weight is 1230 g/mol. The first-order valence-electron chi connectivity index (χ1n) is 28.0. The first-order chi connectivity index (χ1) is 39.9. The van der Waals surface area contributed by atoms with Gasteiger partial charge in [-0.3, -0.25) is 24.2 Å². The lowest BCUT2D eigenvalue weighted by atomic mass is 9.93. The summed E-state index contributed by atoms with van der Waals surface area (Å²) in [6, 6.07) is 17.7. The molecule has 0 bridgehead atoms. The van der Waals surface area contributed by atoms with Crippen LogP contribution in [0.15, 0.2) is 101 Å². The fourth-order valence-corrected chi connectivity index (χ4v) is 12.3. The van der Waals surface area contributed by atoms with Gasteiger partial charge in [0.05, 0.1) is 29.0 Å². The Bertz CT molecular complexity index is 3430. The second-order valence-electron chi connectivity index (χ2n) is 21.8. The largest absolute Gasteiger partial charge is 0.501 e. The molecule has 0 atom stereocenters. The summed E-state index contributed by atoms with van der Waals surface area (Å²) in [7, 11) is -11.2. The van der Waals surface area contributed by atoms with E-state index in [9.17, 15) is 49.2 Å². The quantitative estimate of drug-likeness (QED) is 0.0433. The first kappa shape index (κ1) is 63.1. The highest BCUT2D eigenvalue weighted by Crippen LogP contribution is 2.37. The Balaban J connectivity index is 0.928. The van der Waals surface area contributed by atoms with Crippen LogP contribution in [0.1, 0.15) is 88.6 Å². The summed E-state index contributed by atoms with van der Waals surface area (Å²) in [5.41, 5.74) is -2.86. The molecule has 2 saturated heterocycles.